The van der Waals surface area contributed by atoms with Gasteiger partial charge >= 0.3 is 0 Å². The van der Waals surface area contributed by atoms with E-state index in [1.165, 1.54) is 44.9 Å². The van der Waals surface area contributed by atoms with E-state index in [2.05, 4.69) is 26.1 Å². The maximum Gasteiger partial charge on any atom is 0.0897 e. The molecule has 3 rings (SSSR count). The first-order valence-electron chi connectivity index (χ1n) is 8.96. The second-order valence-electron chi connectivity index (χ2n) is 8.48. The molecule has 2 bridgehead atoms. The Labute approximate surface area is 129 Å². The molecule has 3 aliphatic rings. The van der Waals surface area contributed by atoms with Gasteiger partial charge in [-0.25, -0.2) is 0 Å². The molecule has 0 spiro atoms. The van der Waals surface area contributed by atoms with E-state index in [1.54, 1.807) is 0 Å². The lowest BCUT2D eigenvalue weighted by molar-refractivity contribution is -0.0744. The lowest BCUT2D eigenvalue weighted by atomic mass is 9.70. The van der Waals surface area contributed by atoms with Gasteiger partial charge in [0.1, 0.15) is 0 Å². The number of aliphatic hydroxyl groups is 1. The summed E-state index contributed by atoms with van der Waals surface area (Å²) >= 11 is 0. The maximum atomic E-state index is 10.2. The zero-order valence-electron chi connectivity index (χ0n) is 14.0. The van der Waals surface area contributed by atoms with Crippen LogP contribution in [0.1, 0.15) is 65.7 Å². The fourth-order valence-electron chi connectivity index (χ4n) is 5.10. The average molecular weight is 295 g/mol. The lowest BCUT2D eigenvalue weighted by Crippen LogP contribution is -2.41. The Kier molecular flexibility index (Phi) is 4.37. The zero-order chi connectivity index (χ0) is 15.1. The van der Waals surface area contributed by atoms with Gasteiger partial charge < -0.3 is 15.2 Å². The minimum Gasteiger partial charge on any atom is -0.389 e. The number of nitrogens with one attached hydrogen (secondary N) is 1. The molecular weight excluding hydrogens is 262 g/mol. The van der Waals surface area contributed by atoms with Crippen LogP contribution in [-0.4, -0.2) is 36.5 Å². The van der Waals surface area contributed by atoms with Crippen LogP contribution in [0.2, 0.25) is 0 Å². The quantitative estimate of drug-likeness (QED) is 0.791. The van der Waals surface area contributed by atoms with Gasteiger partial charge in [-0.2, -0.15) is 0 Å². The van der Waals surface area contributed by atoms with Crippen LogP contribution in [0, 0.1) is 16.7 Å². The number of hydrogen-bond donors (Lipinski definition) is 2. The van der Waals surface area contributed by atoms with Crippen LogP contribution in [0.3, 0.4) is 0 Å². The Morgan fingerprint density at radius 1 is 1.19 bits per heavy atom. The first-order valence-corrected chi connectivity index (χ1v) is 8.96. The van der Waals surface area contributed by atoms with Crippen LogP contribution in [-0.2, 0) is 4.74 Å². The van der Waals surface area contributed by atoms with Crippen molar-refractivity contribution in [1.82, 2.24) is 5.32 Å². The van der Waals surface area contributed by atoms with Crippen LogP contribution in [0.4, 0.5) is 0 Å². The number of fused-ring (bicyclic) bond motifs is 2. The Bertz CT molecular complexity index is 364. The Morgan fingerprint density at radius 3 is 2.48 bits per heavy atom. The van der Waals surface area contributed by atoms with Crippen molar-refractivity contribution < 1.29 is 9.84 Å². The van der Waals surface area contributed by atoms with E-state index in [9.17, 15) is 5.11 Å². The summed E-state index contributed by atoms with van der Waals surface area (Å²) < 4.78 is 6.16. The molecule has 3 saturated carbocycles. The smallest absolute Gasteiger partial charge is 0.0897 e. The van der Waals surface area contributed by atoms with Crippen molar-refractivity contribution in [3.63, 3.8) is 0 Å². The molecule has 122 valence electrons. The maximum absolute atomic E-state index is 10.2. The highest BCUT2D eigenvalue weighted by Crippen LogP contribution is 2.66. The van der Waals surface area contributed by atoms with E-state index < -0.39 is 0 Å². The summed E-state index contributed by atoms with van der Waals surface area (Å²) in [7, 11) is 0. The number of ether oxygens (including phenoxy) is 1. The summed E-state index contributed by atoms with van der Waals surface area (Å²) in [6.07, 6.45) is 9.01. The highest BCUT2D eigenvalue weighted by atomic mass is 16.5. The molecule has 0 unspecified atom stereocenters. The van der Waals surface area contributed by atoms with Gasteiger partial charge in [0.15, 0.2) is 0 Å². The van der Waals surface area contributed by atoms with E-state index in [1.807, 2.05) is 0 Å². The lowest BCUT2D eigenvalue weighted by Gasteiger charge is -2.39. The van der Waals surface area contributed by atoms with E-state index in [0.717, 1.165) is 5.92 Å². The summed E-state index contributed by atoms with van der Waals surface area (Å²) in [6.45, 7) is 8.38. The summed E-state index contributed by atoms with van der Waals surface area (Å²) in [4.78, 5) is 0. The Hall–Kier alpha value is -0.120. The van der Waals surface area contributed by atoms with Crippen molar-refractivity contribution in [3.05, 3.63) is 0 Å². The van der Waals surface area contributed by atoms with E-state index in [0.29, 0.717) is 36.1 Å². The van der Waals surface area contributed by atoms with E-state index in [-0.39, 0.29) is 6.10 Å². The molecule has 0 aromatic rings. The van der Waals surface area contributed by atoms with Gasteiger partial charge in [-0.15, -0.1) is 0 Å². The van der Waals surface area contributed by atoms with Gasteiger partial charge in [0.25, 0.3) is 0 Å². The van der Waals surface area contributed by atoms with Gasteiger partial charge in [0.05, 0.1) is 18.8 Å². The van der Waals surface area contributed by atoms with Gasteiger partial charge in [-0.3, -0.25) is 0 Å². The molecule has 0 aliphatic heterocycles. The molecule has 3 nitrogen and oxygen atoms in total. The summed E-state index contributed by atoms with van der Waals surface area (Å²) in [6, 6.07) is 0.624. The van der Waals surface area contributed by atoms with Crippen molar-refractivity contribution in [2.45, 2.75) is 84.0 Å². The normalized spacial score (nSPS) is 40.0. The summed E-state index contributed by atoms with van der Waals surface area (Å²) in [5.41, 5.74) is 0.695. The van der Waals surface area contributed by atoms with Gasteiger partial charge in [-0.05, 0) is 48.9 Å². The monoisotopic (exact) mass is 295 g/mol. The standard InChI is InChI=1S/C18H33NO2/c1-17(2)13-8-9-18(17,3)16(10-13)21-12-15(20)11-19-14-6-4-5-7-14/h13-16,19-20H,4-12H2,1-3H3/t13-,15+,16-,18-/m0/s1. The molecule has 3 fully saturated rings. The van der Waals surface area contributed by atoms with Gasteiger partial charge in [0.2, 0.25) is 0 Å². The van der Waals surface area contributed by atoms with Crippen molar-refractivity contribution in [3.8, 4) is 0 Å². The number of aliphatic hydroxyl groups excluding tert-OH is 1. The predicted octanol–water partition coefficient (Wildman–Crippen LogP) is 3.11. The SMILES string of the molecule is CC1(C)[C@H]2CC[C@@]1(C)[C@@H](OC[C@H](O)CNC1CCCC1)C2. The zero-order valence-corrected chi connectivity index (χ0v) is 14.0. The van der Waals surface area contributed by atoms with Crippen molar-refractivity contribution >= 4 is 0 Å². The van der Waals surface area contributed by atoms with Gasteiger partial charge in [-0.1, -0.05) is 33.6 Å². The van der Waals surface area contributed by atoms with E-state index >= 15 is 0 Å². The van der Waals surface area contributed by atoms with Crippen LogP contribution < -0.4 is 5.32 Å². The number of hydrogen-bond acceptors (Lipinski definition) is 3. The summed E-state index contributed by atoms with van der Waals surface area (Å²) in [5, 5.41) is 13.7. The van der Waals surface area contributed by atoms with Crippen molar-refractivity contribution in [1.29, 1.82) is 0 Å². The molecule has 2 N–H and O–H groups in total. The minimum atomic E-state index is -0.364. The molecule has 4 atom stereocenters. The van der Waals surface area contributed by atoms with Gasteiger partial charge in [0, 0.05) is 12.6 Å². The topological polar surface area (TPSA) is 41.5 Å². The molecule has 21 heavy (non-hydrogen) atoms. The molecular formula is C18H33NO2. The van der Waals surface area contributed by atoms with E-state index in [4.69, 9.17) is 4.74 Å². The van der Waals surface area contributed by atoms with Crippen LogP contribution >= 0.6 is 0 Å². The van der Waals surface area contributed by atoms with Crippen LogP contribution in [0.25, 0.3) is 0 Å². The first-order chi connectivity index (χ1) is 9.93. The van der Waals surface area contributed by atoms with Crippen molar-refractivity contribution in [2.24, 2.45) is 16.7 Å². The Balaban J connectivity index is 1.43. The third-order valence-corrected chi connectivity index (χ3v) is 7.20. The minimum absolute atomic E-state index is 0.302. The second-order valence-corrected chi connectivity index (χ2v) is 8.48. The first kappa shape index (κ1) is 15.8. The largest absolute Gasteiger partial charge is 0.389 e. The molecule has 0 aromatic carbocycles. The highest BCUT2D eigenvalue weighted by Gasteiger charge is 2.61. The Morgan fingerprint density at radius 2 is 1.90 bits per heavy atom. The predicted molar refractivity (Wildman–Crippen MR) is 85.2 cm³/mol. The third-order valence-electron chi connectivity index (χ3n) is 7.20. The fourth-order valence-corrected chi connectivity index (χ4v) is 5.10. The number of rotatable bonds is 6. The fraction of sp³-hybridized carbons (Fsp3) is 1.00. The molecule has 0 amide bonds. The second kappa shape index (κ2) is 5.82. The van der Waals surface area contributed by atoms with Crippen LogP contribution in [0.15, 0.2) is 0 Å². The molecule has 3 heteroatoms. The van der Waals surface area contributed by atoms with Crippen molar-refractivity contribution in [2.75, 3.05) is 13.2 Å². The third kappa shape index (κ3) is 2.77. The average Bonchev–Trinajstić information content (AvgIpc) is 3.08. The molecule has 0 heterocycles. The summed E-state index contributed by atoms with van der Waals surface area (Å²) in [5.74, 6) is 0.807. The highest BCUT2D eigenvalue weighted by molar-refractivity contribution is 5.11. The molecule has 3 aliphatic carbocycles. The molecule has 0 saturated heterocycles. The van der Waals surface area contributed by atoms with Crippen LogP contribution in [0.5, 0.6) is 0 Å². The molecule has 0 aromatic heterocycles. The molecule has 0 radical (unpaired) electrons.